The van der Waals surface area contributed by atoms with Crippen LogP contribution in [0.2, 0.25) is 0 Å². The zero-order valence-electron chi connectivity index (χ0n) is 15.2. The van der Waals surface area contributed by atoms with E-state index in [4.69, 9.17) is 4.74 Å². The first-order valence-electron chi connectivity index (χ1n) is 9.21. The summed E-state index contributed by atoms with van der Waals surface area (Å²) in [5, 5.41) is 0. The predicted molar refractivity (Wildman–Crippen MR) is 102 cm³/mol. The van der Waals surface area contributed by atoms with E-state index in [1.165, 1.54) is 12.1 Å². The van der Waals surface area contributed by atoms with Crippen LogP contribution in [-0.4, -0.2) is 44.7 Å². The van der Waals surface area contributed by atoms with E-state index < -0.39 is 9.84 Å². The summed E-state index contributed by atoms with van der Waals surface area (Å²) in [6.07, 6.45) is 3.30. The molecule has 2 aromatic rings. The third kappa shape index (κ3) is 4.06. The van der Waals surface area contributed by atoms with Crippen LogP contribution in [0.5, 0.6) is 0 Å². The van der Waals surface area contributed by atoms with Gasteiger partial charge in [-0.3, -0.25) is 4.79 Å². The van der Waals surface area contributed by atoms with Crippen molar-refractivity contribution in [1.29, 1.82) is 0 Å². The van der Waals surface area contributed by atoms with E-state index in [9.17, 15) is 13.2 Å². The van der Waals surface area contributed by atoms with Gasteiger partial charge in [-0.05, 0) is 42.5 Å². The second-order valence-electron chi connectivity index (χ2n) is 7.42. The maximum absolute atomic E-state index is 13.1. The number of rotatable bonds is 4. The van der Waals surface area contributed by atoms with E-state index in [0.29, 0.717) is 24.6 Å². The average molecular weight is 385 g/mol. The molecule has 1 heterocycles. The predicted octanol–water partition coefficient (Wildman–Crippen LogP) is 3.08. The highest BCUT2D eigenvalue weighted by Crippen LogP contribution is 2.39. The quantitative estimate of drug-likeness (QED) is 0.811. The fourth-order valence-electron chi connectivity index (χ4n) is 3.58. The zero-order chi connectivity index (χ0) is 19.0. The molecule has 0 unspecified atom stereocenters. The molecule has 2 aromatic carbocycles. The molecule has 2 atom stereocenters. The van der Waals surface area contributed by atoms with E-state index in [0.717, 1.165) is 24.7 Å². The minimum Gasteiger partial charge on any atom is -0.366 e. The third-order valence-electron chi connectivity index (χ3n) is 5.24. The molecule has 27 heavy (non-hydrogen) atoms. The highest BCUT2D eigenvalue weighted by atomic mass is 32.2. The standard InChI is InChI=1S/C21H23NO4S/c1-27(24,25)18-9-5-8-17(12-18)21(23)22-13-19(15-6-3-2-4-7-15)26-20(14-22)16-10-11-16/h2-9,12,16,19-20H,10-11,13-14H2,1H3/t19-,20+/m0/s1. The third-order valence-corrected chi connectivity index (χ3v) is 6.35. The summed E-state index contributed by atoms with van der Waals surface area (Å²) in [5.41, 5.74) is 1.46. The van der Waals surface area contributed by atoms with Crippen molar-refractivity contribution in [2.45, 2.75) is 29.9 Å². The molecule has 1 aliphatic heterocycles. The van der Waals surface area contributed by atoms with E-state index in [-0.39, 0.29) is 23.0 Å². The highest BCUT2D eigenvalue weighted by Gasteiger charge is 2.40. The van der Waals surface area contributed by atoms with Crippen LogP contribution in [0, 0.1) is 5.92 Å². The summed E-state index contributed by atoms with van der Waals surface area (Å²) < 4.78 is 30.0. The fourth-order valence-corrected chi connectivity index (χ4v) is 4.24. The normalized spacial score (nSPS) is 23.2. The number of benzene rings is 2. The monoisotopic (exact) mass is 385 g/mol. The van der Waals surface area contributed by atoms with Gasteiger partial charge in [-0.15, -0.1) is 0 Å². The van der Waals surface area contributed by atoms with Gasteiger partial charge >= 0.3 is 0 Å². The van der Waals surface area contributed by atoms with Crippen LogP contribution >= 0.6 is 0 Å². The lowest BCUT2D eigenvalue weighted by atomic mass is 10.0. The van der Waals surface area contributed by atoms with Crippen LogP contribution in [0.1, 0.15) is 34.9 Å². The number of carbonyl (C=O) groups is 1. The number of ether oxygens (including phenoxy) is 1. The average Bonchev–Trinajstić information content (AvgIpc) is 3.52. The van der Waals surface area contributed by atoms with Crippen LogP contribution in [0.4, 0.5) is 0 Å². The maximum Gasteiger partial charge on any atom is 0.254 e. The number of carbonyl (C=O) groups excluding carboxylic acids is 1. The molecule has 1 saturated heterocycles. The van der Waals surface area contributed by atoms with Gasteiger partial charge in [-0.2, -0.15) is 0 Å². The summed E-state index contributed by atoms with van der Waals surface area (Å²) in [7, 11) is -3.35. The minimum absolute atomic E-state index is 0.0333. The van der Waals surface area contributed by atoms with E-state index in [2.05, 4.69) is 0 Å². The van der Waals surface area contributed by atoms with Crippen molar-refractivity contribution in [3.63, 3.8) is 0 Å². The Balaban J connectivity index is 1.60. The number of hydrogen-bond acceptors (Lipinski definition) is 4. The van der Waals surface area contributed by atoms with Crippen LogP contribution in [0.25, 0.3) is 0 Å². The van der Waals surface area contributed by atoms with Crippen molar-refractivity contribution in [3.8, 4) is 0 Å². The molecule has 1 saturated carbocycles. The summed E-state index contributed by atoms with van der Waals surface area (Å²) in [5.74, 6) is 0.365. The van der Waals surface area contributed by atoms with Crippen molar-refractivity contribution in [1.82, 2.24) is 4.90 Å². The first-order valence-corrected chi connectivity index (χ1v) is 11.1. The zero-order valence-corrected chi connectivity index (χ0v) is 16.1. The van der Waals surface area contributed by atoms with Gasteiger partial charge in [0.05, 0.1) is 17.5 Å². The molecule has 1 amide bonds. The lowest BCUT2D eigenvalue weighted by Gasteiger charge is -2.38. The van der Waals surface area contributed by atoms with Gasteiger partial charge in [-0.25, -0.2) is 8.42 Å². The molecule has 5 nitrogen and oxygen atoms in total. The number of nitrogens with zero attached hydrogens (tertiary/aromatic N) is 1. The Hall–Kier alpha value is -2.18. The molecular weight excluding hydrogens is 362 g/mol. The second-order valence-corrected chi connectivity index (χ2v) is 9.44. The summed E-state index contributed by atoms with van der Waals surface area (Å²) in [6, 6.07) is 16.2. The number of sulfone groups is 1. The Morgan fingerprint density at radius 1 is 1.04 bits per heavy atom. The Bertz CT molecular complexity index is 938. The maximum atomic E-state index is 13.1. The van der Waals surface area contributed by atoms with Crippen LogP contribution in [0.3, 0.4) is 0 Å². The molecular formula is C21H23NO4S. The van der Waals surface area contributed by atoms with Crippen LogP contribution < -0.4 is 0 Å². The summed E-state index contributed by atoms with van der Waals surface area (Å²) in [6.45, 7) is 1.02. The SMILES string of the molecule is CS(=O)(=O)c1cccc(C(=O)N2C[C@@H](c3ccccc3)O[C@@H](C3CC3)C2)c1. The Kier molecular flexibility index (Phi) is 4.78. The Morgan fingerprint density at radius 2 is 1.78 bits per heavy atom. The van der Waals surface area contributed by atoms with Gasteiger partial charge < -0.3 is 9.64 Å². The van der Waals surface area contributed by atoms with Crippen molar-refractivity contribution in [2.75, 3.05) is 19.3 Å². The minimum atomic E-state index is -3.35. The lowest BCUT2D eigenvalue weighted by molar-refractivity contribution is -0.0864. The molecule has 0 aromatic heterocycles. The molecule has 0 radical (unpaired) electrons. The second kappa shape index (κ2) is 7.09. The molecule has 2 fully saturated rings. The smallest absolute Gasteiger partial charge is 0.254 e. The molecule has 0 N–H and O–H groups in total. The number of hydrogen-bond donors (Lipinski definition) is 0. The molecule has 142 valence electrons. The fraction of sp³-hybridized carbons (Fsp3) is 0.381. The van der Waals surface area contributed by atoms with Crippen molar-refractivity contribution < 1.29 is 17.9 Å². The van der Waals surface area contributed by atoms with Crippen molar-refractivity contribution >= 4 is 15.7 Å². The molecule has 1 aliphatic carbocycles. The Labute approximate surface area is 159 Å². The molecule has 0 spiro atoms. The molecule has 0 bridgehead atoms. The summed E-state index contributed by atoms with van der Waals surface area (Å²) >= 11 is 0. The largest absolute Gasteiger partial charge is 0.366 e. The molecule has 6 heteroatoms. The van der Waals surface area contributed by atoms with Gasteiger partial charge in [0.2, 0.25) is 0 Å². The van der Waals surface area contributed by atoms with Crippen molar-refractivity contribution in [2.24, 2.45) is 5.92 Å². The summed E-state index contributed by atoms with van der Waals surface area (Å²) in [4.78, 5) is 15.1. The van der Waals surface area contributed by atoms with E-state index >= 15 is 0 Å². The molecule has 2 aliphatic rings. The number of amides is 1. The van der Waals surface area contributed by atoms with E-state index in [1.54, 1.807) is 12.1 Å². The molecule has 4 rings (SSSR count). The lowest BCUT2D eigenvalue weighted by Crippen LogP contribution is -2.47. The number of morpholine rings is 1. The van der Waals surface area contributed by atoms with Gasteiger partial charge in [0.25, 0.3) is 5.91 Å². The topological polar surface area (TPSA) is 63.7 Å². The first kappa shape index (κ1) is 18.2. The first-order chi connectivity index (χ1) is 12.9. The van der Waals surface area contributed by atoms with Crippen LogP contribution in [0.15, 0.2) is 59.5 Å². The van der Waals surface area contributed by atoms with Crippen LogP contribution in [-0.2, 0) is 14.6 Å². The van der Waals surface area contributed by atoms with Gasteiger partial charge in [0.15, 0.2) is 9.84 Å². The van der Waals surface area contributed by atoms with Gasteiger partial charge in [-0.1, -0.05) is 36.4 Å². The highest BCUT2D eigenvalue weighted by molar-refractivity contribution is 7.90. The Morgan fingerprint density at radius 3 is 2.44 bits per heavy atom. The van der Waals surface area contributed by atoms with E-state index in [1.807, 2.05) is 35.2 Å². The van der Waals surface area contributed by atoms with Crippen molar-refractivity contribution in [3.05, 3.63) is 65.7 Å². The van der Waals surface area contributed by atoms with Gasteiger partial charge in [0, 0.05) is 18.4 Å². The van der Waals surface area contributed by atoms with Gasteiger partial charge in [0.1, 0.15) is 6.10 Å².